The number of hydrogen-bond donors (Lipinski definition) is 2. The van der Waals surface area contributed by atoms with Gasteiger partial charge in [0, 0.05) is 12.4 Å². The van der Waals surface area contributed by atoms with E-state index in [4.69, 9.17) is 11.6 Å². The number of nitrogens with one attached hydrogen (secondary N) is 1. The zero-order valence-electron chi connectivity index (χ0n) is 9.24. The Labute approximate surface area is 100 Å². The maximum absolute atomic E-state index is 11.5. The fourth-order valence-corrected chi connectivity index (χ4v) is 1.86. The van der Waals surface area contributed by atoms with Crippen LogP contribution >= 0.6 is 11.6 Å². The van der Waals surface area contributed by atoms with E-state index >= 15 is 0 Å². The monoisotopic (exact) mass is 241 g/mol. The van der Waals surface area contributed by atoms with Crippen LogP contribution in [0.25, 0.3) is 0 Å². The SMILES string of the molecule is CCC(NCCCl)(C(=O)O)c1ccccc1. The Balaban J connectivity index is 3.07. The van der Waals surface area contributed by atoms with Gasteiger partial charge in [-0.1, -0.05) is 37.3 Å². The highest BCUT2D eigenvalue weighted by atomic mass is 35.5. The van der Waals surface area contributed by atoms with Crippen molar-refractivity contribution in [2.24, 2.45) is 0 Å². The molecule has 88 valence electrons. The molecule has 3 nitrogen and oxygen atoms in total. The molecule has 0 radical (unpaired) electrons. The lowest BCUT2D eigenvalue weighted by molar-refractivity contribution is -0.145. The predicted molar refractivity (Wildman–Crippen MR) is 64.8 cm³/mol. The van der Waals surface area contributed by atoms with Crippen LogP contribution in [0.4, 0.5) is 0 Å². The molecule has 0 aliphatic rings. The van der Waals surface area contributed by atoms with E-state index in [0.717, 1.165) is 5.56 Å². The molecule has 0 saturated carbocycles. The summed E-state index contributed by atoms with van der Waals surface area (Å²) in [5.41, 5.74) is -0.272. The first-order valence-electron chi connectivity index (χ1n) is 5.27. The maximum Gasteiger partial charge on any atom is 0.328 e. The normalized spacial score (nSPS) is 14.4. The highest BCUT2D eigenvalue weighted by Crippen LogP contribution is 2.25. The minimum Gasteiger partial charge on any atom is -0.480 e. The summed E-state index contributed by atoms with van der Waals surface area (Å²) in [5.74, 6) is -0.478. The van der Waals surface area contributed by atoms with Crippen molar-refractivity contribution in [3.05, 3.63) is 35.9 Å². The van der Waals surface area contributed by atoms with E-state index < -0.39 is 11.5 Å². The van der Waals surface area contributed by atoms with Gasteiger partial charge in [0.1, 0.15) is 5.54 Å². The molecular formula is C12H16ClNO2. The average Bonchev–Trinajstić information content (AvgIpc) is 2.31. The first kappa shape index (κ1) is 13.0. The maximum atomic E-state index is 11.5. The number of carbonyl (C=O) groups is 1. The molecule has 0 heterocycles. The summed E-state index contributed by atoms with van der Waals surface area (Å²) in [6.07, 6.45) is 0.475. The molecule has 4 heteroatoms. The smallest absolute Gasteiger partial charge is 0.328 e. The molecule has 0 saturated heterocycles. The fourth-order valence-electron chi connectivity index (χ4n) is 1.76. The van der Waals surface area contributed by atoms with Crippen molar-refractivity contribution in [2.75, 3.05) is 12.4 Å². The third-order valence-electron chi connectivity index (χ3n) is 2.68. The fraction of sp³-hybridized carbons (Fsp3) is 0.417. The van der Waals surface area contributed by atoms with Crippen molar-refractivity contribution in [1.29, 1.82) is 0 Å². The summed E-state index contributed by atoms with van der Waals surface area (Å²) >= 11 is 5.60. The van der Waals surface area contributed by atoms with Gasteiger partial charge in [-0.2, -0.15) is 0 Å². The quantitative estimate of drug-likeness (QED) is 0.751. The van der Waals surface area contributed by atoms with E-state index in [1.54, 1.807) is 0 Å². The first-order valence-corrected chi connectivity index (χ1v) is 5.80. The van der Waals surface area contributed by atoms with E-state index in [1.165, 1.54) is 0 Å². The van der Waals surface area contributed by atoms with Crippen LogP contribution in [0.2, 0.25) is 0 Å². The highest BCUT2D eigenvalue weighted by Gasteiger charge is 2.37. The molecule has 1 rings (SSSR count). The molecule has 0 aliphatic carbocycles. The number of carboxylic acids is 1. The van der Waals surface area contributed by atoms with E-state index in [0.29, 0.717) is 18.8 Å². The van der Waals surface area contributed by atoms with Gasteiger partial charge in [-0.3, -0.25) is 5.32 Å². The van der Waals surface area contributed by atoms with Gasteiger partial charge in [-0.05, 0) is 12.0 Å². The summed E-state index contributed by atoms with van der Waals surface area (Å²) in [6.45, 7) is 2.32. The summed E-state index contributed by atoms with van der Waals surface area (Å²) in [6, 6.07) is 9.18. The van der Waals surface area contributed by atoms with Crippen molar-refractivity contribution in [2.45, 2.75) is 18.9 Å². The molecule has 0 fully saturated rings. The number of rotatable bonds is 6. The van der Waals surface area contributed by atoms with Gasteiger partial charge >= 0.3 is 5.97 Å². The molecule has 1 unspecified atom stereocenters. The van der Waals surface area contributed by atoms with Crippen LogP contribution < -0.4 is 5.32 Å². The summed E-state index contributed by atoms with van der Waals surface area (Å²) in [4.78, 5) is 11.5. The number of halogens is 1. The van der Waals surface area contributed by atoms with Crippen LogP contribution in [-0.4, -0.2) is 23.5 Å². The van der Waals surface area contributed by atoms with Gasteiger partial charge in [0.05, 0.1) is 0 Å². The van der Waals surface area contributed by atoms with E-state index in [2.05, 4.69) is 5.32 Å². The Morgan fingerprint density at radius 1 is 1.44 bits per heavy atom. The topological polar surface area (TPSA) is 49.3 Å². The van der Waals surface area contributed by atoms with Crippen molar-refractivity contribution < 1.29 is 9.90 Å². The van der Waals surface area contributed by atoms with Gasteiger partial charge in [0.15, 0.2) is 0 Å². The standard InChI is InChI=1S/C12H16ClNO2/c1-2-12(11(15)16,14-9-8-13)10-6-4-3-5-7-10/h3-7,14H,2,8-9H2,1H3,(H,15,16). The van der Waals surface area contributed by atoms with Crippen LogP contribution in [0.5, 0.6) is 0 Å². The number of benzene rings is 1. The molecule has 1 aromatic carbocycles. The van der Waals surface area contributed by atoms with Crippen molar-refractivity contribution in [1.82, 2.24) is 5.32 Å². The van der Waals surface area contributed by atoms with Crippen LogP contribution in [0.1, 0.15) is 18.9 Å². The van der Waals surface area contributed by atoms with Crippen LogP contribution in [0, 0.1) is 0 Å². The van der Waals surface area contributed by atoms with Gasteiger partial charge in [0.25, 0.3) is 0 Å². The molecule has 0 aromatic heterocycles. The van der Waals surface area contributed by atoms with E-state index in [-0.39, 0.29) is 0 Å². The predicted octanol–water partition coefficient (Wildman–Crippen LogP) is 2.20. The molecule has 1 aromatic rings. The van der Waals surface area contributed by atoms with Crippen LogP contribution in [0.3, 0.4) is 0 Å². The Bertz CT molecular complexity index is 342. The Hall–Kier alpha value is -1.06. The second-order valence-electron chi connectivity index (χ2n) is 3.55. The lowest BCUT2D eigenvalue weighted by Gasteiger charge is -2.29. The largest absolute Gasteiger partial charge is 0.480 e. The number of alkyl halides is 1. The molecular weight excluding hydrogens is 226 g/mol. The Kier molecular flexibility index (Phi) is 4.77. The van der Waals surface area contributed by atoms with Crippen LogP contribution in [-0.2, 0) is 10.3 Å². The average molecular weight is 242 g/mol. The minimum absolute atomic E-state index is 0.391. The number of hydrogen-bond acceptors (Lipinski definition) is 2. The number of aliphatic carboxylic acids is 1. The van der Waals surface area contributed by atoms with Gasteiger partial charge in [-0.15, -0.1) is 11.6 Å². The summed E-state index contributed by atoms with van der Waals surface area (Å²) < 4.78 is 0. The highest BCUT2D eigenvalue weighted by molar-refractivity contribution is 6.18. The third-order valence-corrected chi connectivity index (χ3v) is 2.87. The lowest BCUT2D eigenvalue weighted by Crippen LogP contribution is -2.49. The summed E-state index contributed by atoms with van der Waals surface area (Å²) in [5, 5.41) is 12.4. The first-order chi connectivity index (χ1) is 7.67. The van der Waals surface area contributed by atoms with Crippen molar-refractivity contribution >= 4 is 17.6 Å². The zero-order chi connectivity index (χ0) is 12.0. The molecule has 2 N–H and O–H groups in total. The molecule has 0 spiro atoms. The molecule has 0 amide bonds. The van der Waals surface area contributed by atoms with Gasteiger partial charge < -0.3 is 5.11 Å². The van der Waals surface area contributed by atoms with E-state index in [9.17, 15) is 9.90 Å². The summed E-state index contributed by atoms with van der Waals surface area (Å²) in [7, 11) is 0. The van der Waals surface area contributed by atoms with Crippen molar-refractivity contribution in [3.63, 3.8) is 0 Å². The third kappa shape index (κ3) is 2.54. The van der Waals surface area contributed by atoms with Crippen LogP contribution in [0.15, 0.2) is 30.3 Å². The second kappa shape index (κ2) is 5.87. The van der Waals surface area contributed by atoms with Crippen molar-refractivity contribution in [3.8, 4) is 0 Å². The Morgan fingerprint density at radius 3 is 2.50 bits per heavy atom. The van der Waals surface area contributed by atoms with E-state index in [1.807, 2.05) is 37.3 Å². The molecule has 0 bridgehead atoms. The van der Waals surface area contributed by atoms with Gasteiger partial charge in [-0.25, -0.2) is 4.79 Å². The number of carboxylic acid groups (broad SMARTS) is 1. The minimum atomic E-state index is -1.03. The Morgan fingerprint density at radius 2 is 2.06 bits per heavy atom. The zero-order valence-corrected chi connectivity index (χ0v) is 10.00. The molecule has 1 atom stereocenters. The lowest BCUT2D eigenvalue weighted by atomic mass is 9.87. The second-order valence-corrected chi connectivity index (χ2v) is 3.92. The molecule has 16 heavy (non-hydrogen) atoms. The molecule has 0 aliphatic heterocycles. The van der Waals surface area contributed by atoms with Gasteiger partial charge in [0.2, 0.25) is 0 Å².